The Balaban J connectivity index is 2.30. The van der Waals surface area contributed by atoms with Crippen molar-refractivity contribution in [1.29, 1.82) is 0 Å². The van der Waals surface area contributed by atoms with Gasteiger partial charge in [-0.25, -0.2) is 0 Å². The molecule has 1 heterocycles. The molecule has 1 fully saturated rings. The summed E-state index contributed by atoms with van der Waals surface area (Å²) in [5, 5.41) is 0. The highest BCUT2D eigenvalue weighted by atomic mass is 16.7. The molecule has 0 aromatic carbocycles. The first-order chi connectivity index (χ1) is 6.89. The zero-order valence-electron chi connectivity index (χ0n) is 10.6. The van der Waals surface area contributed by atoms with Crippen LogP contribution >= 0.6 is 0 Å². The van der Waals surface area contributed by atoms with E-state index in [1.165, 1.54) is 0 Å². The average Bonchev–Trinajstić information content (AvgIpc) is 2.30. The Kier molecular flexibility index (Phi) is 4.21. The molecular formula is C11H23BO3. The summed E-state index contributed by atoms with van der Waals surface area (Å²) in [4.78, 5) is 0. The number of hydrogen-bond acceptors (Lipinski definition) is 3. The lowest BCUT2D eigenvalue weighted by Crippen LogP contribution is -2.41. The SMILES string of the molecule is CCOCCCB1OC(C)(C)C(C)(C)O1. The smallest absolute Gasteiger partial charge is 0.403 e. The van der Waals surface area contributed by atoms with E-state index in [0.717, 1.165) is 26.0 Å². The molecule has 0 atom stereocenters. The summed E-state index contributed by atoms with van der Waals surface area (Å²) in [6.45, 7) is 11.9. The summed E-state index contributed by atoms with van der Waals surface area (Å²) in [7, 11) is -0.0737. The second-order valence-electron chi connectivity index (χ2n) is 5.03. The fourth-order valence-corrected chi connectivity index (χ4v) is 1.58. The van der Waals surface area contributed by atoms with Crippen molar-refractivity contribution in [1.82, 2.24) is 0 Å². The first-order valence-electron chi connectivity index (χ1n) is 5.82. The third-order valence-electron chi connectivity index (χ3n) is 3.23. The van der Waals surface area contributed by atoms with Gasteiger partial charge >= 0.3 is 7.12 Å². The lowest BCUT2D eigenvalue weighted by atomic mass is 9.83. The molecule has 0 spiro atoms. The highest BCUT2D eigenvalue weighted by Crippen LogP contribution is 2.37. The Bertz CT molecular complexity index is 188. The summed E-state index contributed by atoms with van der Waals surface area (Å²) in [6.07, 6.45) is 1.90. The van der Waals surface area contributed by atoms with Crippen LogP contribution in [0.5, 0.6) is 0 Å². The number of hydrogen-bond donors (Lipinski definition) is 0. The van der Waals surface area contributed by atoms with Crippen molar-refractivity contribution in [3.8, 4) is 0 Å². The molecule has 88 valence electrons. The lowest BCUT2D eigenvalue weighted by Gasteiger charge is -2.32. The maximum absolute atomic E-state index is 5.87. The summed E-state index contributed by atoms with van der Waals surface area (Å²) in [6, 6.07) is 0. The maximum atomic E-state index is 5.87. The minimum Gasteiger partial charge on any atom is -0.403 e. The second-order valence-corrected chi connectivity index (χ2v) is 5.03. The number of rotatable bonds is 5. The molecule has 15 heavy (non-hydrogen) atoms. The van der Waals surface area contributed by atoms with Crippen LogP contribution < -0.4 is 0 Å². The van der Waals surface area contributed by atoms with Crippen LogP contribution in [0.3, 0.4) is 0 Å². The summed E-state index contributed by atoms with van der Waals surface area (Å²) >= 11 is 0. The molecule has 0 unspecified atom stereocenters. The predicted molar refractivity (Wildman–Crippen MR) is 62.0 cm³/mol. The van der Waals surface area contributed by atoms with Gasteiger partial charge in [0.05, 0.1) is 11.2 Å². The quantitative estimate of drug-likeness (QED) is 0.519. The fraction of sp³-hybridized carbons (Fsp3) is 1.00. The summed E-state index contributed by atoms with van der Waals surface area (Å²) in [5.41, 5.74) is -0.410. The van der Waals surface area contributed by atoms with Gasteiger partial charge in [0, 0.05) is 13.2 Å². The molecule has 0 aromatic heterocycles. The normalized spacial score (nSPS) is 23.4. The van der Waals surface area contributed by atoms with Gasteiger partial charge in [0.15, 0.2) is 0 Å². The van der Waals surface area contributed by atoms with E-state index < -0.39 is 0 Å². The Hall–Kier alpha value is -0.0551. The van der Waals surface area contributed by atoms with Crippen LogP contribution in [-0.4, -0.2) is 31.5 Å². The van der Waals surface area contributed by atoms with E-state index in [0.29, 0.717) is 0 Å². The van der Waals surface area contributed by atoms with Crippen molar-refractivity contribution in [2.75, 3.05) is 13.2 Å². The molecule has 1 aliphatic heterocycles. The van der Waals surface area contributed by atoms with Crippen molar-refractivity contribution in [3.63, 3.8) is 0 Å². The van der Waals surface area contributed by atoms with Crippen LogP contribution in [0.2, 0.25) is 6.32 Å². The van der Waals surface area contributed by atoms with Gasteiger partial charge in [0.2, 0.25) is 0 Å². The van der Waals surface area contributed by atoms with Crippen LogP contribution in [0.25, 0.3) is 0 Å². The third-order valence-corrected chi connectivity index (χ3v) is 3.23. The topological polar surface area (TPSA) is 27.7 Å². The molecule has 4 heteroatoms. The number of ether oxygens (including phenoxy) is 1. The van der Waals surface area contributed by atoms with E-state index >= 15 is 0 Å². The Morgan fingerprint density at radius 2 is 1.60 bits per heavy atom. The molecule has 0 aromatic rings. The van der Waals surface area contributed by atoms with E-state index in [2.05, 4.69) is 27.7 Å². The van der Waals surface area contributed by atoms with Crippen molar-refractivity contribution < 1.29 is 14.0 Å². The molecule has 3 nitrogen and oxygen atoms in total. The predicted octanol–water partition coefficient (Wildman–Crippen LogP) is 2.51. The van der Waals surface area contributed by atoms with Gasteiger partial charge in [0.1, 0.15) is 0 Å². The van der Waals surface area contributed by atoms with Gasteiger partial charge in [-0.1, -0.05) is 0 Å². The molecule has 0 radical (unpaired) electrons. The first-order valence-corrected chi connectivity index (χ1v) is 5.82. The van der Waals surface area contributed by atoms with Crippen molar-refractivity contribution in [2.45, 2.75) is 58.6 Å². The van der Waals surface area contributed by atoms with E-state index in [1.807, 2.05) is 6.92 Å². The minimum absolute atomic E-state index is 0.0737. The Morgan fingerprint density at radius 1 is 1.07 bits per heavy atom. The zero-order valence-corrected chi connectivity index (χ0v) is 10.6. The van der Waals surface area contributed by atoms with Crippen LogP contribution in [0, 0.1) is 0 Å². The monoisotopic (exact) mass is 214 g/mol. The van der Waals surface area contributed by atoms with E-state index in [9.17, 15) is 0 Å². The van der Waals surface area contributed by atoms with E-state index in [-0.39, 0.29) is 18.3 Å². The van der Waals surface area contributed by atoms with Gasteiger partial charge < -0.3 is 14.0 Å². The van der Waals surface area contributed by atoms with Crippen LogP contribution in [-0.2, 0) is 14.0 Å². The van der Waals surface area contributed by atoms with Crippen LogP contribution in [0.4, 0.5) is 0 Å². The summed E-state index contributed by atoms with van der Waals surface area (Å²) in [5.74, 6) is 0. The highest BCUT2D eigenvalue weighted by Gasteiger charge is 2.50. The molecule has 1 rings (SSSR count). The molecule has 0 saturated carbocycles. The molecule has 1 saturated heterocycles. The van der Waals surface area contributed by atoms with Crippen molar-refractivity contribution in [3.05, 3.63) is 0 Å². The molecule has 0 amide bonds. The Labute approximate surface area is 93.6 Å². The molecule has 0 aliphatic carbocycles. The fourth-order valence-electron chi connectivity index (χ4n) is 1.58. The van der Waals surface area contributed by atoms with E-state index in [4.69, 9.17) is 14.0 Å². The minimum atomic E-state index is -0.205. The maximum Gasteiger partial charge on any atom is 0.457 e. The lowest BCUT2D eigenvalue weighted by molar-refractivity contribution is 0.00578. The zero-order chi connectivity index (χ0) is 11.5. The standard InChI is InChI=1S/C11H23BO3/c1-6-13-9-7-8-12-14-10(2,3)11(4,5)15-12/h6-9H2,1-5H3. The van der Waals surface area contributed by atoms with Crippen LogP contribution in [0.15, 0.2) is 0 Å². The molecule has 1 aliphatic rings. The summed E-state index contributed by atoms with van der Waals surface area (Å²) < 4.78 is 17.0. The largest absolute Gasteiger partial charge is 0.457 e. The van der Waals surface area contributed by atoms with Gasteiger partial charge in [-0.2, -0.15) is 0 Å². The van der Waals surface area contributed by atoms with Gasteiger partial charge in [-0.05, 0) is 47.4 Å². The van der Waals surface area contributed by atoms with E-state index in [1.54, 1.807) is 0 Å². The van der Waals surface area contributed by atoms with Crippen molar-refractivity contribution >= 4 is 7.12 Å². The van der Waals surface area contributed by atoms with Gasteiger partial charge in [-0.15, -0.1) is 0 Å². The Morgan fingerprint density at radius 3 is 2.07 bits per heavy atom. The molecular weight excluding hydrogens is 191 g/mol. The third kappa shape index (κ3) is 3.20. The second kappa shape index (κ2) is 4.85. The molecule has 0 bridgehead atoms. The highest BCUT2D eigenvalue weighted by molar-refractivity contribution is 6.45. The van der Waals surface area contributed by atoms with Gasteiger partial charge in [-0.3, -0.25) is 0 Å². The van der Waals surface area contributed by atoms with Gasteiger partial charge in [0.25, 0.3) is 0 Å². The molecule has 0 N–H and O–H groups in total. The average molecular weight is 214 g/mol. The van der Waals surface area contributed by atoms with Crippen molar-refractivity contribution in [2.24, 2.45) is 0 Å². The van der Waals surface area contributed by atoms with Crippen LogP contribution in [0.1, 0.15) is 41.0 Å². The first kappa shape index (κ1) is 13.0.